The van der Waals surface area contributed by atoms with Gasteiger partial charge in [-0.15, -0.1) is 0 Å². The topological polar surface area (TPSA) is 131 Å². The number of amides is 2. The molecule has 174 valence electrons. The van der Waals surface area contributed by atoms with Gasteiger partial charge < -0.3 is 24.9 Å². The van der Waals surface area contributed by atoms with Crippen LogP contribution in [0.2, 0.25) is 0 Å². The summed E-state index contributed by atoms with van der Waals surface area (Å²) < 4.78 is 10.8. The van der Waals surface area contributed by atoms with Crippen LogP contribution in [-0.4, -0.2) is 40.7 Å². The van der Waals surface area contributed by atoms with Gasteiger partial charge in [0.15, 0.2) is 17.8 Å². The molecule has 2 aromatic carbocycles. The fourth-order valence-electron chi connectivity index (χ4n) is 4.57. The Labute approximate surface area is 195 Å². The van der Waals surface area contributed by atoms with Gasteiger partial charge in [0.1, 0.15) is 6.61 Å². The number of carboxylic acids is 1. The van der Waals surface area contributed by atoms with Gasteiger partial charge in [-0.25, -0.2) is 9.78 Å². The van der Waals surface area contributed by atoms with Gasteiger partial charge in [-0.2, -0.15) is 0 Å². The molecule has 5 rings (SSSR count). The van der Waals surface area contributed by atoms with Gasteiger partial charge in [0, 0.05) is 12.0 Å². The smallest absolute Gasteiger partial charge is 0.407 e. The Morgan fingerprint density at radius 1 is 1.03 bits per heavy atom. The van der Waals surface area contributed by atoms with Crippen LogP contribution in [0, 0.1) is 5.92 Å². The van der Waals surface area contributed by atoms with Gasteiger partial charge in [-0.3, -0.25) is 9.59 Å². The third kappa shape index (κ3) is 4.12. The van der Waals surface area contributed by atoms with Crippen molar-refractivity contribution in [1.82, 2.24) is 15.6 Å². The molecule has 0 spiro atoms. The maximum absolute atomic E-state index is 12.5. The molecular formula is C25H23N3O6. The zero-order valence-corrected chi connectivity index (χ0v) is 18.2. The Morgan fingerprint density at radius 2 is 1.68 bits per heavy atom. The molecule has 0 saturated heterocycles. The maximum Gasteiger partial charge on any atom is 0.407 e. The monoisotopic (exact) mass is 461 g/mol. The van der Waals surface area contributed by atoms with Gasteiger partial charge in [0.2, 0.25) is 0 Å². The molecule has 1 saturated carbocycles. The summed E-state index contributed by atoms with van der Waals surface area (Å²) in [5.74, 6) is -1.62. The Kier molecular flexibility index (Phi) is 5.75. The standard InChI is InChI=1S/C25H23N3O6/c29-23(28-15-9-14(10-15)24(30)31)22-21(34-13-27-22)11-26-25(32)33-12-20-18-7-3-1-5-16(18)17-6-2-4-8-19(17)20/h1-8,13-15,20H,9-12H2,(H,26,32)(H,28,29)(H,30,31). The van der Waals surface area contributed by atoms with E-state index >= 15 is 0 Å². The van der Waals surface area contributed by atoms with E-state index in [2.05, 4.69) is 27.8 Å². The average Bonchev–Trinajstić information content (AvgIpc) is 3.41. The first-order valence-corrected chi connectivity index (χ1v) is 11.1. The van der Waals surface area contributed by atoms with Crippen molar-refractivity contribution in [3.63, 3.8) is 0 Å². The molecular weight excluding hydrogens is 438 g/mol. The van der Waals surface area contributed by atoms with Crippen LogP contribution >= 0.6 is 0 Å². The largest absolute Gasteiger partial charge is 0.481 e. The van der Waals surface area contributed by atoms with Crippen LogP contribution in [0.5, 0.6) is 0 Å². The number of oxazole rings is 1. The molecule has 1 fully saturated rings. The van der Waals surface area contributed by atoms with Crippen LogP contribution in [-0.2, 0) is 16.1 Å². The van der Waals surface area contributed by atoms with Crippen LogP contribution in [0.1, 0.15) is 46.1 Å². The first-order valence-electron chi connectivity index (χ1n) is 11.1. The molecule has 34 heavy (non-hydrogen) atoms. The number of nitrogens with one attached hydrogen (secondary N) is 2. The number of aliphatic carboxylic acids is 1. The van der Waals surface area contributed by atoms with Crippen LogP contribution in [0.4, 0.5) is 4.79 Å². The molecule has 2 aliphatic carbocycles. The summed E-state index contributed by atoms with van der Waals surface area (Å²) in [5.41, 5.74) is 4.58. The molecule has 0 aliphatic heterocycles. The van der Waals surface area contributed by atoms with Crippen molar-refractivity contribution in [2.45, 2.75) is 31.3 Å². The fourth-order valence-corrected chi connectivity index (χ4v) is 4.57. The minimum atomic E-state index is -0.861. The highest BCUT2D eigenvalue weighted by Crippen LogP contribution is 2.44. The summed E-state index contributed by atoms with van der Waals surface area (Å²) in [6, 6.07) is 15.9. The number of carbonyl (C=O) groups excluding carboxylic acids is 2. The third-order valence-electron chi connectivity index (χ3n) is 6.42. The molecule has 0 radical (unpaired) electrons. The lowest BCUT2D eigenvalue weighted by Gasteiger charge is -2.32. The molecule has 0 bridgehead atoms. The van der Waals surface area contributed by atoms with Crippen molar-refractivity contribution in [1.29, 1.82) is 0 Å². The second-order valence-electron chi connectivity index (χ2n) is 8.48. The molecule has 2 amide bonds. The number of benzene rings is 2. The number of nitrogens with zero attached hydrogens (tertiary/aromatic N) is 1. The van der Waals surface area contributed by atoms with Gasteiger partial charge in [-0.05, 0) is 35.1 Å². The van der Waals surface area contributed by atoms with Crippen LogP contribution in [0.3, 0.4) is 0 Å². The average molecular weight is 461 g/mol. The number of ether oxygens (including phenoxy) is 1. The maximum atomic E-state index is 12.5. The van der Waals surface area contributed by atoms with Crippen molar-refractivity contribution < 1.29 is 28.6 Å². The Balaban J connectivity index is 1.15. The van der Waals surface area contributed by atoms with Crippen molar-refractivity contribution in [3.05, 3.63) is 77.5 Å². The van der Waals surface area contributed by atoms with Gasteiger partial charge >= 0.3 is 12.1 Å². The lowest BCUT2D eigenvalue weighted by atomic mass is 9.80. The highest BCUT2D eigenvalue weighted by atomic mass is 16.5. The van der Waals surface area contributed by atoms with E-state index in [-0.39, 0.29) is 36.6 Å². The molecule has 3 N–H and O–H groups in total. The number of carbonyl (C=O) groups is 3. The second-order valence-corrected chi connectivity index (χ2v) is 8.48. The zero-order valence-electron chi connectivity index (χ0n) is 18.2. The Morgan fingerprint density at radius 3 is 2.32 bits per heavy atom. The van der Waals surface area contributed by atoms with E-state index < -0.39 is 23.9 Å². The van der Waals surface area contributed by atoms with E-state index in [0.717, 1.165) is 28.6 Å². The zero-order chi connectivity index (χ0) is 23.7. The van der Waals surface area contributed by atoms with Gasteiger partial charge in [-0.1, -0.05) is 48.5 Å². The molecule has 1 aromatic heterocycles. The van der Waals surface area contributed by atoms with E-state index in [1.165, 1.54) is 0 Å². The predicted molar refractivity (Wildman–Crippen MR) is 120 cm³/mol. The molecule has 9 heteroatoms. The van der Waals surface area contributed by atoms with Gasteiger partial charge in [0.25, 0.3) is 5.91 Å². The summed E-state index contributed by atoms with van der Waals surface area (Å²) in [4.78, 5) is 39.7. The number of carboxylic acid groups (broad SMARTS) is 1. The number of hydrogen-bond acceptors (Lipinski definition) is 6. The molecule has 3 aromatic rings. The van der Waals surface area contributed by atoms with Crippen molar-refractivity contribution in [2.24, 2.45) is 5.92 Å². The summed E-state index contributed by atoms with van der Waals surface area (Å²) >= 11 is 0. The summed E-state index contributed by atoms with van der Waals surface area (Å²) in [6.45, 7) is 0.109. The van der Waals surface area contributed by atoms with E-state index in [9.17, 15) is 14.4 Å². The van der Waals surface area contributed by atoms with E-state index in [1.807, 2.05) is 36.4 Å². The number of alkyl carbamates (subject to hydrolysis) is 1. The Bertz CT molecular complexity index is 1200. The fraction of sp³-hybridized carbons (Fsp3) is 0.280. The third-order valence-corrected chi connectivity index (χ3v) is 6.42. The van der Waals surface area contributed by atoms with E-state index in [1.54, 1.807) is 0 Å². The Hall–Kier alpha value is -4.14. The van der Waals surface area contributed by atoms with Crippen molar-refractivity contribution in [3.8, 4) is 11.1 Å². The highest BCUT2D eigenvalue weighted by Gasteiger charge is 2.36. The number of hydrogen-bond donors (Lipinski definition) is 3. The van der Waals surface area contributed by atoms with Crippen molar-refractivity contribution in [2.75, 3.05) is 6.61 Å². The minimum Gasteiger partial charge on any atom is -0.481 e. The van der Waals surface area contributed by atoms with Crippen molar-refractivity contribution >= 4 is 18.0 Å². The molecule has 9 nitrogen and oxygen atoms in total. The number of fused-ring (bicyclic) bond motifs is 3. The second kappa shape index (κ2) is 9.01. The SMILES string of the molecule is O=C(NCc1ocnc1C(=O)NC1CC(C(=O)O)C1)OCC1c2ccccc2-c2ccccc21. The first-order chi connectivity index (χ1) is 16.5. The summed E-state index contributed by atoms with van der Waals surface area (Å²) in [5, 5.41) is 14.3. The quantitative estimate of drug-likeness (QED) is 0.492. The lowest BCUT2D eigenvalue weighted by Crippen LogP contribution is -2.47. The molecule has 1 heterocycles. The van der Waals surface area contributed by atoms with E-state index in [4.69, 9.17) is 14.3 Å². The number of rotatable bonds is 7. The predicted octanol–water partition coefficient (Wildman–Crippen LogP) is 3.31. The lowest BCUT2D eigenvalue weighted by molar-refractivity contribution is -0.145. The van der Waals surface area contributed by atoms with Crippen LogP contribution < -0.4 is 10.6 Å². The summed E-state index contributed by atoms with van der Waals surface area (Å²) in [7, 11) is 0. The summed E-state index contributed by atoms with van der Waals surface area (Å²) in [6.07, 6.45) is 1.26. The minimum absolute atomic E-state index is 0.0534. The van der Waals surface area contributed by atoms with Crippen LogP contribution in [0.25, 0.3) is 11.1 Å². The normalized spacial score (nSPS) is 18.4. The molecule has 0 unspecified atom stereocenters. The van der Waals surface area contributed by atoms with E-state index in [0.29, 0.717) is 12.8 Å². The molecule has 2 aliphatic rings. The molecule has 0 atom stereocenters. The van der Waals surface area contributed by atoms with Gasteiger partial charge in [0.05, 0.1) is 12.5 Å². The first kappa shape index (κ1) is 21.7. The number of aromatic nitrogens is 1. The highest BCUT2D eigenvalue weighted by molar-refractivity contribution is 5.93. The van der Waals surface area contributed by atoms with Crippen LogP contribution in [0.15, 0.2) is 59.3 Å².